The lowest BCUT2D eigenvalue weighted by molar-refractivity contribution is 0.792. The van der Waals surface area contributed by atoms with Gasteiger partial charge in [-0.2, -0.15) is 9.36 Å². The van der Waals surface area contributed by atoms with Crippen molar-refractivity contribution in [3.05, 3.63) is 23.9 Å². The van der Waals surface area contributed by atoms with Crippen molar-refractivity contribution in [2.45, 2.75) is 26.2 Å². The van der Waals surface area contributed by atoms with E-state index in [1.54, 1.807) is 0 Å². The van der Waals surface area contributed by atoms with Crippen LogP contribution >= 0.6 is 11.5 Å². The molecule has 2 aromatic rings. The van der Waals surface area contributed by atoms with Gasteiger partial charge in [-0.15, -0.1) is 0 Å². The number of nitrogens with zero attached hydrogens (tertiary/aromatic N) is 3. The van der Waals surface area contributed by atoms with Crippen LogP contribution in [0.5, 0.6) is 0 Å². The zero-order chi connectivity index (χ0) is 11.4. The number of nitrogens with two attached hydrogens (primary N) is 1. The largest absolute Gasteiger partial charge is 0.374 e. The van der Waals surface area contributed by atoms with Crippen LogP contribution in [0.2, 0.25) is 0 Å². The summed E-state index contributed by atoms with van der Waals surface area (Å²) in [5, 5.41) is 0.479. The van der Waals surface area contributed by atoms with E-state index in [4.69, 9.17) is 5.73 Å². The molecule has 0 aliphatic heterocycles. The lowest BCUT2D eigenvalue weighted by Gasteiger charge is -1.99. The molecule has 5 heteroatoms. The molecule has 0 saturated carbocycles. The van der Waals surface area contributed by atoms with Gasteiger partial charge >= 0.3 is 0 Å². The van der Waals surface area contributed by atoms with Gasteiger partial charge in [0.25, 0.3) is 0 Å². The Morgan fingerprint density at radius 2 is 2.25 bits per heavy atom. The van der Waals surface area contributed by atoms with E-state index in [-0.39, 0.29) is 0 Å². The number of pyridine rings is 1. The SMILES string of the molecule is CCCCc1ccc(-c2nsc(N)n2)nc1. The van der Waals surface area contributed by atoms with E-state index >= 15 is 0 Å². The molecule has 0 bridgehead atoms. The quantitative estimate of drug-likeness (QED) is 0.882. The Morgan fingerprint density at radius 1 is 1.38 bits per heavy atom. The molecule has 0 aromatic carbocycles. The van der Waals surface area contributed by atoms with E-state index in [0.717, 1.165) is 12.1 Å². The highest BCUT2D eigenvalue weighted by molar-refractivity contribution is 7.09. The molecule has 0 atom stereocenters. The number of rotatable bonds is 4. The van der Waals surface area contributed by atoms with Gasteiger partial charge in [-0.25, -0.2) is 0 Å². The fraction of sp³-hybridized carbons (Fsp3) is 0.364. The number of aryl methyl sites for hydroxylation is 1. The molecule has 0 saturated heterocycles. The van der Waals surface area contributed by atoms with Crippen molar-refractivity contribution < 1.29 is 0 Å². The third-order valence-corrected chi connectivity index (χ3v) is 2.86. The van der Waals surface area contributed by atoms with Gasteiger partial charge in [0.1, 0.15) is 5.69 Å². The third-order valence-electron chi connectivity index (χ3n) is 2.31. The molecular weight excluding hydrogens is 220 g/mol. The highest BCUT2D eigenvalue weighted by Gasteiger charge is 2.05. The number of anilines is 1. The molecule has 0 spiro atoms. The predicted octanol–water partition coefficient (Wildman–Crippen LogP) is 2.52. The first-order valence-corrected chi connectivity index (χ1v) is 6.11. The monoisotopic (exact) mass is 234 g/mol. The number of aromatic nitrogens is 3. The third kappa shape index (κ3) is 2.55. The lowest BCUT2D eigenvalue weighted by Crippen LogP contribution is -1.90. The molecule has 0 amide bonds. The molecule has 4 nitrogen and oxygen atoms in total. The highest BCUT2D eigenvalue weighted by atomic mass is 32.1. The molecule has 2 aromatic heterocycles. The molecule has 84 valence electrons. The average Bonchev–Trinajstić information content (AvgIpc) is 2.74. The highest BCUT2D eigenvalue weighted by Crippen LogP contribution is 2.17. The Hall–Kier alpha value is -1.49. The molecule has 0 aliphatic carbocycles. The Balaban J connectivity index is 2.13. The summed E-state index contributed by atoms with van der Waals surface area (Å²) >= 11 is 1.19. The van der Waals surface area contributed by atoms with E-state index in [0.29, 0.717) is 11.0 Å². The van der Waals surface area contributed by atoms with Crippen LogP contribution in [0.4, 0.5) is 5.13 Å². The van der Waals surface area contributed by atoms with Crippen LogP contribution in [-0.2, 0) is 6.42 Å². The van der Waals surface area contributed by atoms with Gasteiger partial charge in [-0.1, -0.05) is 19.4 Å². The van der Waals surface area contributed by atoms with E-state index in [2.05, 4.69) is 27.3 Å². The second-order valence-electron chi connectivity index (χ2n) is 3.61. The summed E-state index contributed by atoms with van der Waals surface area (Å²) in [6.07, 6.45) is 5.37. The van der Waals surface area contributed by atoms with Crippen LogP contribution in [-0.4, -0.2) is 14.3 Å². The second-order valence-corrected chi connectivity index (χ2v) is 4.39. The minimum Gasteiger partial charge on any atom is -0.374 e. The second kappa shape index (κ2) is 5.03. The maximum atomic E-state index is 5.53. The number of nitrogen functional groups attached to an aromatic ring is 1. The normalized spacial score (nSPS) is 10.6. The van der Waals surface area contributed by atoms with Gasteiger partial charge in [-0.05, 0) is 24.5 Å². The van der Waals surface area contributed by atoms with Crippen molar-refractivity contribution in [1.82, 2.24) is 14.3 Å². The van der Waals surface area contributed by atoms with E-state index in [1.165, 1.54) is 29.9 Å². The Kier molecular flexibility index (Phi) is 3.46. The first-order valence-electron chi connectivity index (χ1n) is 5.34. The number of hydrogen-bond acceptors (Lipinski definition) is 5. The van der Waals surface area contributed by atoms with Crippen LogP contribution in [0.25, 0.3) is 11.5 Å². The van der Waals surface area contributed by atoms with Crippen molar-refractivity contribution in [2.75, 3.05) is 5.73 Å². The summed E-state index contributed by atoms with van der Waals surface area (Å²) < 4.78 is 4.12. The zero-order valence-corrected chi connectivity index (χ0v) is 10.00. The fourth-order valence-corrected chi connectivity index (χ4v) is 1.87. The van der Waals surface area contributed by atoms with Gasteiger partial charge in [0.2, 0.25) is 0 Å². The molecule has 2 rings (SSSR count). The molecule has 0 fully saturated rings. The van der Waals surface area contributed by atoms with Crippen molar-refractivity contribution in [3.8, 4) is 11.5 Å². The summed E-state index contributed by atoms with van der Waals surface area (Å²) in [6.45, 7) is 2.18. The van der Waals surface area contributed by atoms with E-state index in [1.807, 2.05) is 12.3 Å². The molecule has 0 aliphatic rings. The first kappa shape index (κ1) is 11.0. The topological polar surface area (TPSA) is 64.7 Å². The number of hydrogen-bond donors (Lipinski definition) is 1. The summed E-state index contributed by atoms with van der Waals surface area (Å²) in [7, 11) is 0. The molecule has 16 heavy (non-hydrogen) atoms. The summed E-state index contributed by atoms with van der Waals surface area (Å²) in [5.41, 5.74) is 7.57. The van der Waals surface area contributed by atoms with Crippen LogP contribution in [0.15, 0.2) is 18.3 Å². The average molecular weight is 234 g/mol. The summed E-state index contributed by atoms with van der Waals surface area (Å²) in [4.78, 5) is 8.44. The van der Waals surface area contributed by atoms with Crippen molar-refractivity contribution in [1.29, 1.82) is 0 Å². The molecule has 2 N–H and O–H groups in total. The minimum absolute atomic E-state index is 0.479. The lowest BCUT2D eigenvalue weighted by atomic mass is 10.1. The smallest absolute Gasteiger partial charge is 0.200 e. The standard InChI is InChI=1S/C11H14N4S/c1-2-3-4-8-5-6-9(13-7-8)10-14-11(12)16-15-10/h5-7H,2-4H2,1H3,(H2,12,14,15). The molecule has 0 unspecified atom stereocenters. The van der Waals surface area contributed by atoms with Gasteiger partial charge in [0.05, 0.1) is 0 Å². The van der Waals surface area contributed by atoms with Crippen LogP contribution in [0.3, 0.4) is 0 Å². The van der Waals surface area contributed by atoms with Crippen LogP contribution < -0.4 is 5.73 Å². The van der Waals surface area contributed by atoms with Gasteiger partial charge in [0, 0.05) is 17.7 Å². The first-order chi connectivity index (χ1) is 7.79. The van der Waals surface area contributed by atoms with Crippen LogP contribution in [0.1, 0.15) is 25.3 Å². The Bertz CT molecular complexity index is 449. The fourth-order valence-electron chi connectivity index (χ4n) is 1.42. The van der Waals surface area contributed by atoms with E-state index < -0.39 is 0 Å². The van der Waals surface area contributed by atoms with Crippen molar-refractivity contribution >= 4 is 16.7 Å². The Labute approximate surface area is 98.7 Å². The van der Waals surface area contributed by atoms with Crippen LogP contribution in [0, 0.1) is 0 Å². The molecule has 2 heterocycles. The number of unbranched alkanes of at least 4 members (excludes halogenated alkanes) is 1. The molecular formula is C11H14N4S. The van der Waals surface area contributed by atoms with Crippen molar-refractivity contribution in [3.63, 3.8) is 0 Å². The summed E-state index contributed by atoms with van der Waals surface area (Å²) in [5.74, 6) is 0.615. The zero-order valence-electron chi connectivity index (χ0n) is 9.18. The van der Waals surface area contributed by atoms with Gasteiger partial charge in [0.15, 0.2) is 11.0 Å². The maximum absolute atomic E-state index is 5.53. The van der Waals surface area contributed by atoms with Gasteiger partial charge in [-0.3, -0.25) is 4.98 Å². The predicted molar refractivity (Wildman–Crippen MR) is 66.2 cm³/mol. The van der Waals surface area contributed by atoms with Gasteiger partial charge < -0.3 is 5.73 Å². The Morgan fingerprint density at radius 3 is 2.81 bits per heavy atom. The minimum atomic E-state index is 0.479. The summed E-state index contributed by atoms with van der Waals surface area (Å²) in [6, 6.07) is 4.03. The van der Waals surface area contributed by atoms with E-state index in [9.17, 15) is 0 Å². The molecule has 0 radical (unpaired) electrons. The van der Waals surface area contributed by atoms with Crippen molar-refractivity contribution in [2.24, 2.45) is 0 Å². The maximum Gasteiger partial charge on any atom is 0.200 e.